The summed E-state index contributed by atoms with van der Waals surface area (Å²) in [4.78, 5) is 1.14. The van der Waals surface area contributed by atoms with Gasteiger partial charge in [0.25, 0.3) is 0 Å². The Balaban J connectivity index is 1.93. The lowest BCUT2D eigenvalue weighted by Crippen LogP contribution is -2.13. The molecule has 102 valence electrons. The zero-order valence-electron chi connectivity index (χ0n) is 9.80. The van der Waals surface area contributed by atoms with Crippen molar-refractivity contribution in [1.29, 1.82) is 0 Å². The van der Waals surface area contributed by atoms with Crippen LogP contribution in [0, 0.1) is 0 Å². The molecule has 19 heavy (non-hydrogen) atoms. The van der Waals surface area contributed by atoms with Gasteiger partial charge in [0.15, 0.2) is 0 Å². The molecule has 1 heterocycles. The fourth-order valence-electron chi connectivity index (χ4n) is 1.63. The van der Waals surface area contributed by atoms with E-state index in [1.165, 1.54) is 12.1 Å². The zero-order valence-corrected chi connectivity index (χ0v) is 12.2. The SMILES string of the molecule is FC(F)(F)c1cccc(CNCc2ccc(Br)s2)c1. The molecule has 1 N–H and O–H groups in total. The third kappa shape index (κ3) is 4.33. The first-order valence-electron chi connectivity index (χ1n) is 5.56. The van der Waals surface area contributed by atoms with E-state index in [1.807, 2.05) is 12.1 Å². The predicted molar refractivity (Wildman–Crippen MR) is 74.0 cm³/mol. The largest absolute Gasteiger partial charge is 0.416 e. The lowest BCUT2D eigenvalue weighted by molar-refractivity contribution is -0.137. The summed E-state index contributed by atoms with van der Waals surface area (Å²) in [6.07, 6.45) is -4.28. The first kappa shape index (κ1) is 14.6. The molecule has 0 aliphatic carbocycles. The second kappa shape index (κ2) is 6.07. The molecule has 0 atom stereocenters. The van der Waals surface area contributed by atoms with Crippen LogP contribution in [0.2, 0.25) is 0 Å². The number of hydrogen-bond donors (Lipinski definition) is 1. The molecule has 0 spiro atoms. The number of thiophene rings is 1. The van der Waals surface area contributed by atoms with Crippen molar-refractivity contribution in [3.05, 3.63) is 56.2 Å². The topological polar surface area (TPSA) is 12.0 Å². The van der Waals surface area contributed by atoms with E-state index < -0.39 is 11.7 Å². The Kier molecular flexibility index (Phi) is 4.65. The van der Waals surface area contributed by atoms with E-state index >= 15 is 0 Å². The maximum Gasteiger partial charge on any atom is 0.416 e. The van der Waals surface area contributed by atoms with Crippen LogP contribution in [0.5, 0.6) is 0 Å². The molecule has 0 bridgehead atoms. The van der Waals surface area contributed by atoms with Crippen LogP contribution in [0.15, 0.2) is 40.2 Å². The van der Waals surface area contributed by atoms with Gasteiger partial charge >= 0.3 is 6.18 Å². The number of alkyl halides is 3. The van der Waals surface area contributed by atoms with E-state index in [2.05, 4.69) is 21.2 Å². The van der Waals surface area contributed by atoms with Gasteiger partial charge in [-0.15, -0.1) is 11.3 Å². The van der Waals surface area contributed by atoms with Crippen LogP contribution in [0.3, 0.4) is 0 Å². The summed E-state index contributed by atoms with van der Waals surface area (Å²) in [5.41, 5.74) is 0.0242. The maximum atomic E-state index is 12.5. The smallest absolute Gasteiger partial charge is 0.308 e. The minimum Gasteiger partial charge on any atom is -0.308 e. The van der Waals surface area contributed by atoms with Crippen LogP contribution in [0.25, 0.3) is 0 Å². The van der Waals surface area contributed by atoms with Gasteiger partial charge in [-0.1, -0.05) is 18.2 Å². The monoisotopic (exact) mass is 349 g/mol. The Hall–Kier alpha value is -0.850. The van der Waals surface area contributed by atoms with E-state index in [4.69, 9.17) is 0 Å². The Morgan fingerprint density at radius 3 is 2.53 bits per heavy atom. The lowest BCUT2D eigenvalue weighted by atomic mass is 10.1. The predicted octanol–water partition coefficient (Wildman–Crippen LogP) is 4.82. The van der Waals surface area contributed by atoms with Gasteiger partial charge in [0.2, 0.25) is 0 Å². The highest BCUT2D eigenvalue weighted by molar-refractivity contribution is 9.11. The van der Waals surface area contributed by atoms with Gasteiger partial charge in [-0.25, -0.2) is 0 Å². The number of halogens is 4. The van der Waals surface area contributed by atoms with Gasteiger partial charge in [0.1, 0.15) is 0 Å². The molecule has 0 fully saturated rings. The quantitative estimate of drug-likeness (QED) is 0.834. The summed E-state index contributed by atoms with van der Waals surface area (Å²) in [5.74, 6) is 0. The highest BCUT2D eigenvalue weighted by Gasteiger charge is 2.30. The first-order valence-corrected chi connectivity index (χ1v) is 7.17. The van der Waals surface area contributed by atoms with Crippen LogP contribution in [0.1, 0.15) is 16.0 Å². The van der Waals surface area contributed by atoms with Crippen LogP contribution in [-0.2, 0) is 19.3 Å². The van der Waals surface area contributed by atoms with Crippen molar-refractivity contribution in [1.82, 2.24) is 5.32 Å². The van der Waals surface area contributed by atoms with Gasteiger partial charge in [-0.3, -0.25) is 0 Å². The Bertz CT molecular complexity index is 551. The van der Waals surface area contributed by atoms with Crippen molar-refractivity contribution >= 4 is 27.3 Å². The molecule has 0 aliphatic heterocycles. The summed E-state index contributed by atoms with van der Waals surface area (Å²) in [7, 11) is 0. The molecule has 0 unspecified atom stereocenters. The van der Waals surface area contributed by atoms with Gasteiger partial charge in [-0.2, -0.15) is 13.2 Å². The van der Waals surface area contributed by atoms with Crippen LogP contribution in [0.4, 0.5) is 13.2 Å². The Morgan fingerprint density at radius 2 is 1.89 bits per heavy atom. The van der Waals surface area contributed by atoms with E-state index in [0.717, 1.165) is 14.7 Å². The summed E-state index contributed by atoms with van der Waals surface area (Å²) in [5, 5.41) is 3.13. The molecule has 1 aromatic carbocycles. The van der Waals surface area contributed by atoms with Gasteiger partial charge < -0.3 is 5.32 Å². The van der Waals surface area contributed by atoms with Gasteiger partial charge in [0, 0.05) is 18.0 Å². The summed E-state index contributed by atoms with van der Waals surface area (Å²) in [6.45, 7) is 1.06. The number of rotatable bonds is 4. The molecule has 6 heteroatoms. The van der Waals surface area contributed by atoms with Crippen LogP contribution >= 0.6 is 27.3 Å². The highest BCUT2D eigenvalue weighted by Crippen LogP contribution is 2.29. The van der Waals surface area contributed by atoms with E-state index in [0.29, 0.717) is 18.7 Å². The molecule has 1 aromatic heterocycles. The molecule has 0 aliphatic rings. The minimum absolute atomic E-state index is 0.416. The molecule has 2 rings (SSSR count). The molecule has 0 amide bonds. The molecule has 0 radical (unpaired) electrons. The number of nitrogens with one attached hydrogen (secondary N) is 1. The maximum absolute atomic E-state index is 12.5. The lowest BCUT2D eigenvalue weighted by Gasteiger charge is -2.09. The molecule has 1 nitrogen and oxygen atoms in total. The van der Waals surface area contributed by atoms with Gasteiger partial charge in [0.05, 0.1) is 9.35 Å². The molecule has 2 aromatic rings. The first-order chi connectivity index (χ1) is 8.95. The second-order valence-corrected chi connectivity index (χ2v) is 6.56. The van der Waals surface area contributed by atoms with Crippen molar-refractivity contribution in [2.45, 2.75) is 19.3 Å². The average Bonchev–Trinajstić information content (AvgIpc) is 2.74. The Labute approximate surface area is 121 Å². The Morgan fingerprint density at radius 1 is 1.11 bits per heavy atom. The molecule has 0 saturated carbocycles. The summed E-state index contributed by atoms with van der Waals surface area (Å²) < 4.78 is 38.6. The van der Waals surface area contributed by atoms with Crippen molar-refractivity contribution in [3.63, 3.8) is 0 Å². The van der Waals surface area contributed by atoms with E-state index in [-0.39, 0.29) is 0 Å². The molecular formula is C13H11BrF3NS. The third-order valence-electron chi connectivity index (χ3n) is 2.51. The fraction of sp³-hybridized carbons (Fsp3) is 0.231. The average molecular weight is 350 g/mol. The number of benzene rings is 1. The highest BCUT2D eigenvalue weighted by atomic mass is 79.9. The van der Waals surface area contributed by atoms with E-state index in [9.17, 15) is 13.2 Å². The fourth-order valence-corrected chi connectivity index (χ4v) is 3.09. The molecule has 0 saturated heterocycles. The summed E-state index contributed by atoms with van der Waals surface area (Å²) in [6, 6.07) is 9.31. The third-order valence-corrected chi connectivity index (χ3v) is 4.14. The van der Waals surface area contributed by atoms with Crippen molar-refractivity contribution in [2.24, 2.45) is 0 Å². The minimum atomic E-state index is -4.28. The molecular weight excluding hydrogens is 339 g/mol. The second-order valence-electron chi connectivity index (χ2n) is 4.01. The van der Waals surface area contributed by atoms with Crippen molar-refractivity contribution in [2.75, 3.05) is 0 Å². The van der Waals surface area contributed by atoms with Crippen LogP contribution in [-0.4, -0.2) is 0 Å². The zero-order chi connectivity index (χ0) is 13.9. The van der Waals surface area contributed by atoms with E-state index in [1.54, 1.807) is 17.4 Å². The summed E-state index contributed by atoms with van der Waals surface area (Å²) >= 11 is 4.97. The van der Waals surface area contributed by atoms with Crippen molar-refractivity contribution < 1.29 is 13.2 Å². The number of hydrogen-bond acceptors (Lipinski definition) is 2. The van der Waals surface area contributed by atoms with Crippen molar-refractivity contribution in [3.8, 4) is 0 Å². The van der Waals surface area contributed by atoms with Crippen LogP contribution < -0.4 is 5.32 Å². The normalized spacial score (nSPS) is 11.8. The van der Waals surface area contributed by atoms with Gasteiger partial charge in [-0.05, 0) is 39.7 Å². The standard InChI is InChI=1S/C13H11BrF3NS/c14-12-5-4-11(19-12)8-18-7-9-2-1-3-10(6-9)13(15,16)17/h1-6,18H,7-8H2.